The minimum Gasteiger partial charge on any atom is -0.370 e. The molecule has 19 heavy (non-hydrogen) atoms. The zero-order valence-electron chi connectivity index (χ0n) is 11.4. The van der Waals surface area contributed by atoms with Gasteiger partial charge in [0.15, 0.2) is 5.96 Å². The summed E-state index contributed by atoms with van der Waals surface area (Å²) in [5.41, 5.74) is 5.90. The van der Waals surface area contributed by atoms with Gasteiger partial charge in [-0.25, -0.2) is 9.98 Å². The smallest absolute Gasteiger partial charge is 0.189 e. The van der Waals surface area contributed by atoms with E-state index in [9.17, 15) is 0 Å². The lowest BCUT2D eigenvalue weighted by molar-refractivity contribution is 0.529. The van der Waals surface area contributed by atoms with Crippen molar-refractivity contribution in [2.24, 2.45) is 17.8 Å². The van der Waals surface area contributed by atoms with Crippen molar-refractivity contribution >= 4 is 29.9 Å². The normalized spacial score (nSPS) is 17.6. The molecule has 1 saturated carbocycles. The van der Waals surface area contributed by atoms with Crippen molar-refractivity contribution in [2.75, 3.05) is 0 Å². The van der Waals surface area contributed by atoms with Crippen molar-refractivity contribution in [3.05, 3.63) is 12.2 Å². The largest absolute Gasteiger partial charge is 0.370 e. The molecule has 0 spiro atoms. The molecule has 2 rings (SSSR count). The second-order valence-corrected chi connectivity index (χ2v) is 4.83. The van der Waals surface area contributed by atoms with Gasteiger partial charge in [-0.1, -0.05) is 25.7 Å². The van der Waals surface area contributed by atoms with Crippen LogP contribution in [0.5, 0.6) is 0 Å². The van der Waals surface area contributed by atoms with Gasteiger partial charge in [0, 0.05) is 13.1 Å². The fourth-order valence-corrected chi connectivity index (χ4v) is 2.30. The fraction of sp³-hybridized carbons (Fsp3) is 0.750. The second kappa shape index (κ2) is 8.34. The summed E-state index contributed by atoms with van der Waals surface area (Å²) in [5.74, 6) is 1.34. The molecule has 0 aliphatic heterocycles. The summed E-state index contributed by atoms with van der Waals surface area (Å²) in [6, 6.07) is 0.482. The topological polar surface area (TPSA) is 81.1 Å². The molecule has 7 heteroatoms. The van der Waals surface area contributed by atoms with Gasteiger partial charge in [-0.05, 0) is 12.8 Å². The van der Waals surface area contributed by atoms with Crippen LogP contribution in [-0.4, -0.2) is 26.8 Å². The van der Waals surface area contributed by atoms with E-state index in [2.05, 4.69) is 20.4 Å². The maximum atomic E-state index is 5.90. The van der Waals surface area contributed by atoms with Gasteiger partial charge in [-0.15, -0.1) is 24.0 Å². The third-order valence-corrected chi connectivity index (χ3v) is 3.40. The van der Waals surface area contributed by atoms with E-state index < -0.39 is 0 Å². The Hall–Kier alpha value is -0.860. The van der Waals surface area contributed by atoms with E-state index in [1.54, 1.807) is 4.68 Å². The highest BCUT2D eigenvalue weighted by atomic mass is 127. The number of halogens is 1. The number of guanidine groups is 1. The maximum absolute atomic E-state index is 5.90. The number of aryl methyl sites for hydroxylation is 1. The Kier molecular flexibility index (Phi) is 7.11. The maximum Gasteiger partial charge on any atom is 0.189 e. The lowest BCUT2D eigenvalue weighted by Gasteiger charge is -2.16. The van der Waals surface area contributed by atoms with E-state index in [-0.39, 0.29) is 24.0 Å². The minimum atomic E-state index is 0. The molecule has 0 amide bonds. The van der Waals surface area contributed by atoms with E-state index in [1.165, 1.54) is 44.9 Å². The number of nitrogens with two attached hydrogens (primary N) is 1. The van der Waals surface area contributed by atoms with Crippen LogP contribution < -0.4 is 11.1 Å². The van der Waals surface area contributed by atoms with Crippen molar-refractivity contribution in [3.63, 3.8) is 0 Å². The van der Waals surface area contributed by atoms with Crippen molar-refractivity contribution < 1.29 is 0 Å². The first-order chi connectivity index (χ1) is 8.75. The molecular formula is C12H23IN6. The van der Waals surface area contributed by atoms with Crippen LogP contribution in [0.3, 0.4) is 0 Å². The van der Waals surface area contributed by atoms with E-state index >= 15 is 0 Å². The van der Waals surface area contributed by atoms with Gasteiger partial charge in [0.2, 0.25) is 0 Å². The highest BCUT2D eigenvalue weighted by Crippen LogP contribution is 2.16. The highest BCUT2D eigenvalue weighted by molar-refractivity contribution is 14.0. The standard InChI is InChI=1S/C12H22N6.HI/c1-18-11(15-9-16-18)8-14-12(13)17-10-6-4-2-3-5-7-10;/h9-10H,2-8H2,1H3,(H3,13,14,17);1H. The van der Waals surface area contributed by atoms with Crippen LogP contribution in [0.4, 0.5) is 0 Å². The lowest BCUT2D eigenvalue weighted by Crippen LogP contribution is -2.39. The van der Waals surface area contributed by atoms with Gasteiger partial charge in [0.1, 0.15) is 18.7 Å². The van der Waals surface area contributed by atoms with Gasteiger partial charge in [-0.3, -0.25) is 4.68 Å². The van der Waals surface area contributed by atoms with Crippen molar-refractivity contribution in [2.45, 2.75) is 51.1 Å². The van der Waals surface area contributed by atoms with Crippen LogP contribution in [-0.2, 0) is 13.6 Å². The quantitative estimate of drug-likeness (QED) is 0.362. The van der Waals surface area contributed by atoms with Crippen molar-refractivity contribution in [1.82, 2.24) is 20.1 Å². The summed E-state index contributed by atoms with van der Waals surface area (Å²) in [6.45, 7) is 0.474. The summed E-state index contributed by atoms with van der Waals surface area (Å²) in [7, 11) is 1.85. The first kappa shape index (κ1) is 16.2. The first-order valence-corrected chi connectivity index (χ1v) is 6.65. The van der Waals surface area contributed by atoms with Crippen LogP contribution in [0, 0.1) is 0 Å². The Morgan fingerprint density at radius 2 is 2.11 bits per heavy atom. The number of hydrogen-bond acceptors (Lipinski definition) is 3. The Bertz CT molecular complexity index is 395. The highest BCUT2D eigenvalue weighted by Gasteiger charge is 2.12. The molecule has 1 aliphatic carbocycles. The summed E-state index contributed by atoms with van der Waals surface area (Å²) < 4.78 is 1.71. The van der Waals surface area contributed by atoms with E-state index in [0.29, 0.717) is 18.5 Å². The summed E-state index contributed by atoms with van der Waals surface area (Å²) >= 11 is 0. The monoisotopic (exact) mass is 378 g/mol. The average molecular weight is 378 g/mol. The molecule has 0 radical (unpaired) electrons. The van der Waals surface area contributed by atoms with Gasteiger partial charge < -0.3 is 11.1 Å². The minimum absolute atomic E-state index is 0. The molecule has 0 unspecified atom stereocenters. The zero-order chi connectivity index (χ0) is 12.8. The van der Waals surface area contributed by atoms with E-state index in [4.69, 9.17) is 5.73 Å². The molecule has 0 atom stereocenters. The van der Waals surface area contributed by atoms with Crippen LogP contribution in [0.15, 0.2) is 11.3 Å². The molecule has 6 nitrogen and oxygen atoms in total. The molecular weight excluding hydrogens is 355 g/mol. The molecule has 0 aromatic carbocycles. The molecule has 1 heterocycles. The third-order valence-electron chi connectivity index (χ3n) is 3.40. The fourth-order valence-electron chi connectivity index (χ4n) is 2.30. The lowest BCUT2D eigenvalue weighted by atomic mass is 10.1. The number of nitrogens with one attached hydrogen (secondary N) is 1. The molecule has 1 aromatic rings. The summed E-state index contributed by atoms with van der Waals surface area (Å²) in [4.78, 5) is 8.42. The van der Waals surface area contributed by atoms with Crippen LogP contribution in [0.1, 0.15) is 44.3 Å². The molecule has 1 fully saturated rings. The Balaban J connectivity index is 0.00000180. The number of hydrogen-bond donors (Lipinski definition) is 2. The van der Waals surface area contributed by atoms with Crippen LogP contribution >= 0.6 is 24.0 Å². The van der Waals surface area contributed by atoms with E-state index in [0.717, 1.165) is 5.82 Å². The van der Waals surface area contributed by atoms with Crippen LogP contribution in [0.25, 0.3) is 0 Å². The van der Waals surface area contributed by atoms with Crippen molar-refractivity contribution in [1.29, 1.82) is 0 Å². The third kappa shape index (κ3) is 5.33. The molecule has 0 bridgehead atoms. The van der Waals surface area contributed by atoms with Gasteiger partial charge in [0.05, 0.1) is 0 Å². The molecule has 3 N–H and O–H groups in total. The molecule has 1 aliphatic rings. The predicted molar refractivity (Wildman–Crippen MR) is 86.4 cm³/mol. The first-order valence-electron chi connectivity index (χ1n) is 6.65. The Morgan fingerprint density at radius 1 is 1.42 bits per heavy atom. The predicted octanol–water partition coefficient (Wildman–Crippen LogP) is 1.56. The zero-order valence-corrected chi connectivity index (χ0v) is 13.7. The van der Waals surface area contributed by atoms with Crippen LogP contribution in [0.2, 0.25) is 0 Å². The Labute approximate surface area is 131 Å². The summed E-state index contributed by atoms with van der Waals surface area (Å²) in [6.07, 6.45) is 9.17. The molecule has 0 saturated heterocycles. The number of aromatic nitrogens is 3. The average Bonchev–Trinajstić information content (AvgIpc) is 2.61. The van der Waals surface area contributed by atoms with Gasteiger partial charge in [-0.2, -0.15) is 5.10 Å². The van der Waals surface area contributed by atoms with E-state index in [1.807, 2.05) is 7.05 Å². The Morgan fingerprint density at radius 3 is 2.68 bits per heavy atom. The van der Waals surface area contributed by atoms with Gasteiger partial charge >= 0.3 is 0 Å². The molecule has 1 aromatic heterocycles. The van der Waals surface area contributed by atoms with Gasteiger partial charge in [0.25, 0.3) is 0 Å². The second-order valence-electron chi connectivity index (χ2n) is 4.83. The molecule has 108 valence electrons. The SMILES string of the molecule is Cn1ncnc1CN=C(N)NC1CCCCCC1.I. The summed E-state index contributed by atoms with van der Waals surface area (Å²) in [5, 5.41) is 7.31. The number of aliphatic imine (C=N–C) groups is 1. The number of nitrogens with zero attached hydrogens (tertiary/aromatic N) is 4. The van der Waals surface area contributed by atoms with Crippen molar-refractivity contribution in [3.8, 4) is 0 Å². The number of rotatable bonds is 3.